The summed E-state index contributed by atoms with van der Waals surface area (Å²) in [5.74, 6) is 4.99. The molecule has 6 nitrogen and oxygen atoms in total. The van der Waals surface area contributed by atoms with Crippen molar-refractivity contribution in [3.8, 4) is 17.6 Å². The molecule has 2 N–H and O–H groups in total. The van der Waals surface area contributed by atoms with Gasteiger partial charge in [0.1, 0.15) is 17.6 Å². The lowest BCUT2D eigenvalue weighted by atomic mass is 10.2. The summed E-state index contributed by atoms with van der Waals surface area (Å²) in [6, 6.07) is 5.79. The minimum Gasteiger partial charge on any atom is -0.481 e. The normalized spacial score (nSPS) is 12.0. The van der Waals surface area contributed by atoms with E-state index in [0.29, 0.717) is 12.2 Å². The minimum absolute atomic E-state index is 0.0103. The highest BCUT2D eigenvalue weighted by molar-refractivity contribution is 7.92. The van der Waals surface area contributed by atoms with Crippen molar-refractivity contribution < 1.29 is 23.2 Å². The lowest BCUT2D eigenvalue weighted by Gasteiger charge is -2.15. The second kappa shape index (κ2) is 9.18. The van der Waals surface area contributed by atoms with Crippen LogP contribution in [0.2, 0.25) is 0 Å². The van der Waals surface area contributed by atoms with Gasteiger partial charge in [-0.2, -0.15) is 0 Å². The summed E-state index contributed by atoms with van der Waals surface area (Å²) >= 11 is 0. The first-order valence-electron chi connectivity index (χ1n) is 7.27. The van der Waals surface area contributed by atoms with Gasteiger partial charge in [0, 0.05) is 0 Å². The van der Waals surface area contributed by atoms with Crippen molar-refractivity contribution in [2.75, 3.05) is 6.61 Å². The fraction of sp³-hybridized carbons (Fsp3) is 0.438. The third-order valence-corrected chi connectivity index (χ3v) is 5.37. The summed E-state index contributed by atoms with van der Waals surface area (Å²) in [6.45, 7) is 3.81. The molecule has 0 aromatic heterocycles. The Kier molecular flexibility index (Phi) is 7.59. The molecule has 7 heteroatoms. The van der Waals surface area contributed by atoms with Crippen LogP contribution in [0.15, 0.2) is 29.2 Å². The molecule has 1 unspecified atom stereocenters. The van der Waals surface area contributed by atoms with Crippen LogP contribution < -0.4 is 10.2 Å². The molecule has 1 rings (SSSR count). The molecule has 0 saturated heterocycles. The predicted octanol–water partition coefficient (Wildman–Crippen LogP) is 1.93. The van der Waals surface area contributed by atoms with Gasteiger partial charge in [0.05, 0.1) is 4.90 Å². The number of hydrogen-bond donors (Lipinski definition) is 2. The van der Waals surface area contributed by atoms with Crippen LogP contribution in [0.3, 0.4) is 0 Å². The number of amides is 1. The van der Waals surface area contributed by atoms with Crippen LogP contribution in [0.25, 0.3) is 0 Å². The third kappa shape index (κ3) is 5.27. The minimum atomic E-state index is -3.88. The molecule has 0 radical (unpaired) electrons. The lowest BCUT2D eigenvalue weighted by Crippen LogP contribution is -2.38. The monoisotopic (exact) mass is 339 g/mol. The maximum absolute atomic E-state index is 12.6. The molecular weight excluding hydrogens is 318 g/mol. The zero-order chi connectivity index (χ0) is 17.3. The van der Waals surface area contributed by atoms with Crippen LogP contribution in [0.5, 0.6) is 5.75 Å². The number of ether oxygens (including phenoxy) is 1. The van der Waals surface area contributed by atoms with E-state index in [-0.39, 0.29) is 17.9 Å². The van der Waals surface area contributed by atoms with Crippen LogP contribution in [0.1, 0.15) is 33.1 Å². The number of benzene rings is 1. The Morgan fingerprint density at radius 1 is 1.35 bits per heavy atom. The van der Waals surface area contributed by atoms with Gasteiger partial charge in [0.2, 0.25) is 0 Å². The third-order valence-electron chi connectivity index (χ3n) is 3.24. The molecule has 0 fully saturated rings. The van der Waals surface area contributed by atoms with Crippen molar-refractivity contribution in [1.29, 1.82) is 0 Å². The van der Waals surface area contributed by atoms with Crippen molar-refractivity contribution in [2.24, 2.45) is 0 Å². The highest BCUT2D eigenvalue weighted by Gasteiger charge is 2.33. The summed E-state index contributed by atoms with van der Waals surface area (Å²) in [5.41, 5.74) is 1.44. The van der Waals surface area contributed by atoms with Gasteiger partial charge in [-0.05, 0) is 37.6 Å². The quantitative estimate of drug-likeness (QED) is 0.429. The number of sulfone groups is 1. The largest absolute Gasteiger partial charge is 0.481 e. The molecule has 1 aromatic rings. The molecule has 1 amide bonds. The molecule has 126 valence electrons. The fourth-order valence-electron chi connectivity index (χ4n) is 1.97. The highest BCUT2D eigenvalue weighted by atomic mass is 32.2. The van der Waals surface area contributed by atoms with Gasteiger partial charge in [0.15, 0.2) is 9.84 Å². The van der Waals surface area contributed by atoms with E-state index in [1.165, 1.54) is 29.7 Å². The number of nitrogens with one attached hydrogen (secondary N) is 1. The number of hydrogen-bond acceptors (Lipinski definition) is 5. The van der Waals surface area contributed by atoms with Crippen LogP contribution in [-0.2, 0) is 14.6 Å². The smallest absolute Gasteiger partial charge is 0.262 e. The Hall–Kier alpha value is -2.04. The zero-order valence-corrected chi connectivity index (χ0v) is 14.0. The Bertz CT molecular complexity index is 671. The maximum Gasteiger partial charge on any atom is 0.262 e. The van der Waals surface area contributed by atoms with E-state index < -0.39 is 21.0 Å². The van der Waals surface area contributed by atoms with Gasteiger partial charge in [-0.3, -0.25) is 10.0 Å². The maximum atomic E-state index is 12.6. The van der Waals surface area contributed by atoms with Crippen molar-refractivity contribution >= 4 is 15.7 Å². The molecule has 0 saturated carbocycles. The van der Waals surface area contributed by atoms with E-state index in [0.717, 1.165) is 6.42 Å². The zero-order valence-electron chi connectivity index (χ0n) is 13.2. The van der Waals surface area contributed by atoms with Gasteiger partial charge in [-0.1, -0.05) is 25.7 Å². The summed E-state index contributed by atoms with van der Waals surface area (Å²) in [7, 11) is -3.88. The Labute approximate surface area is 136 Å². The molecule has 1 atom stereocenters. The van der Waals surface area contributed by atoms with Crippen molar-refractivity contribution in [3.63, 3.8) is 0 Å². The van der Waals surface area contributed by atoms with Gasteiger partial charge in [-0.25, -0.2) is 13.9 Å². The van der Waals surface area contributed by atoms with E-state index in [1.54, 1.807) is 6.92 Å². The number of carbonyl (C=O) groups excluding carboxylic acids is 1. The first kappa shape index (κ1) is 19.0. The van der Waals surface area contributed by atoms with Crippen molar-refractivity contribution in [3.05, 3.63) is 24.3 Å². The van der Waals surface area contributed by atoms with E-state index in [4.69, 9.17) is 9.94 Å². The van der Waals surface area contributed by atoms with Gasteiger partial charge in [0.25, 0.3) is 5.91 Å². The van der Waals surface area contributed by atoms with E-state index >= 15 is 0 Å². The first-order chi connectivity index (χ1) is 11.0. The average molecular weight is 339 g/mol. The Balaban J connectivity index is 2.99. The second-order valence-electron chi connectivity index (χ2n) is 4.84. The molecule has 0 aliphatic rings. The van der Waals surface area contributed by atoms with Crippen LogP contribution in [0, 0.1) is 11.8 Å². The number of carbonyl (C=O) groups is 1. The summed E-state index contributed by atoms with van der Waals surface area (Å²) in [5, 5.41) is 7.47. The topological polar surface area (TPSA) is 92.7 Å². The van der Waals surface area contributed by atoms with E-state index in [1.807, 2.05) is 6.92 Å². The fourth-order valence-corrected chi connectivity index (χ4v) is 3.63. The predicted molar refractivity (Wildman–Crippen MR) is 85.8 cm³/mol. The van der Waals surface area contributed by atoms with Crippen molar-refractivity contribution in [2.45, 2.75) is 43.3 Å². The molecular formula is C16H21NO5S. The summed E-state index contributed by atoms with van der Waals surface area (Å²) < 4.78 is 30.5. The van der Waals surface area contributed by atoms with Crippen LogP contribution in [0.4, 0.5) is 0 Å². The standard InChI is InChI=1S/C16H21NO5S/c1-3-5-7-15(16(18)17-19)23(20,21)14-10-8-13(9-11-14)22-12-6-4-2/h8-11,15,19H,3,5,7,12H2,1-2H3,(H,17,18). The molecule has 0 aliphatic heterocycles. The average Bonchev–Trinajstić information content (AvgIpc) is 2.55. The number of rotatable bonds is 8. The van der Waals surface area contributed by atoms with Gasteiger partial charge >= 0.3 is 0 Å². The van der Waals surface area contributed by atoms with E-state index in [2.05, 4.69) is 11.8 Å². The Morgan fingerprint density at radius 2 is 2.00 bits per heavy atom. The molecule has 1 aromatic carbocycles. The summed E-state index contributed by atoms with van der Waals surface area (Å²) in [4.78, 5) is 11.7. The highest BCUT2D eigenvalue weighted by Crippen LogP contribution is 2.23. The summed E-state index contributed by atoms with van der Waals surface area (Å²) in [6.07, 6.45) is 1.46. The Morgan fingerprint density at radius 3 is 2.52 bits per heavy atom. The molecule has 23 heavy (non-hydrogen) atoms. The SMILES string of the molecule is CC#CCOc1ccc(S(=O)(=O)C(CCCC)C(=O)NO)cc1. The van der Waals surface area contributed by atoms with Gasteiger partial charge in [-0.15, -0.1) is 5.92 Å². The van der Waals surface area contributed by atoms with Crippen LogP contribution >= 0.6 is 0 Å². The molecule has 0 spiro atoms. The van der Waals surface area contributed by atoms with Crippen molar-refractivity contribution in [1.82, 2.24) is 5.48 Å². The molecule has 0 aliphatic carbocycles. The van der Waals surface area contributed by atoms with E-state index in [9.17, 15) is 13.2 Å². The molecule has 0 heterocycles. The second-order valence-corrected chi connectivity index (χ2v) is 6.97. The lowest BCUT2D eigenvalue weighted by molar-refractivity contribution is -0.128. The van der Waals surface area contributed by atoms with Crippen LogP contribution in [-0.4, -0.2) is 31.4 Å². The first-order valence-corrected chi connectivity index (χ1v) is 8.82. The van der Waals surface area contributed by atoms with Gasteiger partial charge < -0.3 is 4.74 Å². The number of unbranched alkanes of at least 4 members (excludes halogenated alkanes) is 1. The number of hydroxylamine groups is 1. The molecule has 0 bridgehead atoms.